The molecule has 4 rings (SSSR count). The Bertz CT molecular complexity index is 1380. The number of hydrogen-bond donors (Lipinski definition) is 0. The number of carbonyl (C=O) groups excluding carboxylic acids is 1. The first-order valence-corrected chi connectivity index (χ1v) is 14.5. The van der Waals surface area contributed by atoms with Gasteiger partial charge in [0.05, 0.1) is 12.6 Å². The minimum Gasteiger partial charge on any atom is -0.497 e. The molecule has 214 valence electrons. The number of ether oxygens (including phenoxy) is 2. The molecule has 0 aliphatic heterocycles. The first-order valence-electron chi connectivity index (χ1n) is 14.5. The standard InChI is InChI=1S/C34H44N2O4/c1-25-23-32(37)36(31-24-29(39-5)18-19-30(25)31)22-20-27-13-9-15-28(17-16-27)35(33(38)40-34(2,3)4)21-10-14-26-11-7-6-8-12-26/h6-8,11-13,18-19,23-24,28H,9-10,14-17,20-22H2,1-5H3. The van der Waals surface area contributed by atoms with Crippen LogP contribution < -0.4 is 10.3 Å². The van der Waals surface area contributed by atoms with Crippen molar-refractivity contribution in [2.24, 2.45) is 0 Å². The fourth-order valence-electron chi connectivity index (χ4n) is 5.60. The van der Waals surface area contributed by atoms with Gasteiger partial charge in [-0.05, 0) is 95.9 Å². The molecule has 0 saturated heterocycles. The Morgan fingerprint density at radius 2 is 1.82 bits per heavy atom. The lowest BCUT2D eigenvalue weighted by Gasteiger charge is -2.33. The highest BCUT2D eigenvalue weighted by Gasteiger charge is 2.28. The van der Waals surface area contributed by atoms with E-state index in [4.69, 9.17) is 9.47 Å². The third-order valence-corrected chi connectivity index (χ3v) is 7.69. The summed E-state index contributed by atoms with van der Waals surface area (Å²) in [6.07, 6.45) is 8.36. The molecule has 0 bridgehead atoms. The number of aromatic nitrogens is 1. The Kier molecular flexibility index (Phi) is 9.72. The molecular formula is C34H44N2O4. The second-order valence-corrected chi connectivity index (χ2v) is 11.8. The first kappa shape index (κ1) is 29.4. The van der Waals surface area contributed by atoms with Crippen LogP contribution in [0.5, 0.6) is 5.75 Å². The van der Waals surface area contributed by atoms with Gasteiger partial charge in [0.25, 0.3) is 5.56 Å². The van der Waals surface area contributed by atoms with Gasteiger partial charge in [0, 0.05) is 36.7 Å². The maximum absolute atomic E-state index is 13.3. The van der Waals surface area contributed by atoms with E-state index in [9.17, 15) is 9.59 Å². The molecule has 40 heavy (non-hydrogen) atoms. The lowest BCUT2D eigenvalue weighted by molar-refractivity contribution is 0.0143. The van der Waals surface area contributed by atoms with Gasteiger partial charge in [-0.1, -0.05) is 42.0 Å². The van der Waals surface area contributed by atoms with E-state index in [0.29, 0.717) is 13.1 Å². The SMILES string of the molecule is COc1ccc2c(C)cc(=O)n(CCC3=CCCC(N(CCCc4ccccc4)C(=O)OC(C)(C)C)CC3)c2c1. The van der Waals surface area contributed by atoms with Crippen LogP contribution in [0, 0.1) is 6.92 Å². The molecule has 1 aliphatic rings. The second-order valence-electron chi connectivity index (χ2n) is 11.8. The molecule has 1 aliphatic carbocycles. The number of nitrogens with zero attached hydrogens (tertiary/aromatic N) is 2. The lowest BCUT2D eigenvalue weighted by atomic mass is 10.0. The summed E-state index contributed by atoms with van der Waals surface area (Å²) in [5, 5.41) is 1.07. The zero-order valence-corrected chi connectivity index (χ0v) is 24.7. The largest absolute Gasteiger partial charge is 0.497 e. The van der Waals surface area contributed by atoms with Crippen molar-refractivity contribution in [3.05, 3.63) is 87.7 Å². The molecule has 6 heteroatoms. The van der Waals surface area contributed by atoms with Crippen LogP contribution in [-0.4, -0.2) is 40.9 Å². The topological polar surface area (TPSA) is 60.8 Å². The van der Waals surface area contributed by atoms with Gasteiger partial charge in [0.15, 0.2) is 0 Å². The lowest BCUT2D eigenvalue weighted by Crippen LogP contribution is -2.44. The van der Waals surface area contributed by atoms with Crippen molar-refractivity contribution in [2.75, 3.05) is 13.7 Å². The van der Waals surface area contributed by atoms with Gasteiger partial charge >= 0.3 is 6.09 Å². The van der Waals surface area contributed by atoms with Crippen molar-refractivity contribution in [1.29, 1.82) is 0 Å². The predicted octanol–water partition coefficient (Wildman–Crippen LogP) is 7.45. The van der Waals surface area contributed by atoms with Crippen molar-refractivity contribution in [3.8, 4) is 5.75 Å². The Hall–Kier alpha value is -3.54. The number of allylic oxidation sites excluding steroid dienone is 2. The number of rotatable bonds is 9. The van der Waals surface area contributed by atoms with Gasteiger partial charge in [-0.3, -0.25) is 4.79 Å². The molecule has 0 spiro atoms. The maximum atomic E-state index is 13.3. The zero-order chi connectivity index (χ0) is 28.7. The van der Waals surface area contributed by atoms with Crippen molar-refractivity contribution < 1.29 is 14.3 Å². The predicted molar refractivity (Wildman–Crippen MR) is 162 cm³/mol. The van der Waals surface area contributed by atoms with Crippen molar-refractivity contribution in [1.82, 2.24) is 9.47 Å². The fourth-order valence-corrected chi connectivity index (χ4v) is 5.60. The minimum atomic E-state index is -0.532. The highest BCUT2D eigenvalue weighted by atomic mass is 16.6. The fraction of sp³-hybridized carbons (Fsp3) is 0.471. The summed E-state index contributed by atoms with van der Waals surface area (Å²) < 4.78 is 13.1. The molecule has 1 amide bonds. The Labute approximate surface area is 238 Å². The number of pyridine rings is 1. The third kappa shape index (κ3) is 7.77. The van der Waals surface area contributed by atoms with Gasteiger partial charge in [0.1, 0.15) is 11.4 Å². The van der Waals surface area contributed by atoms with Crippen LogP contribution in [-0.2, 0) is 17.7 Å². The van der Waals surface area contributed by atoms with Crippen LogP contribution in [0.3, 0.4) is 0 Å². The molecule has 0 fully saturated rings. The first-order chi connectivity index (χ1) is 19.1. The third-order valence-electron chi connectivity index (χ3n) is 7.69. The van der Waals surface area contributed by atoms with E-state index < -0.39 is 5.60 Å². The van der Waals surface area contributed by atoms with Crippen LogP contribution in [0.25, 0.3) is 10.9 Å². The molecule has 1 heterocycles. The van der Waals surface area contributed by atoms with Crippen LogP contribution in [0.1, 0.15) is 70.4 Å². The molecule has 1 atom stereocenters. The number of fused-ring (bicyclic) bond motifs is 1. The average molecular weight is 545 g/mol. The number of amides is 1. The number of methoxy groups -OCH3 is 1. The smallest absolute Gasteiger partial charge is 0.410 e. The summed E-state index contributed by atoms with van der Waals surface area (Å²) in [7, 11) is 1.65. The van der Waals surface area contributed by atoms with Crippen LogP contribution in [0.4, 0.5) is 4.79 Å². The second kappa shape index (κ2) is 13.2. The highest BCUT2D eigenvalue weighted by Crippen LogP contribution is 2.27. The number of carbonyl (C=O) groups is 1. The van der Waals surface area contributed by atoms with E-state index in [2.05, 4.69) is 30.3 Å². The monoisotopic (exact) mass is 544 g/mol. The number of benzene rings is 2. The van der Waals surface area contributed by atoms with E-state index in [1.54, 1.807) is 13.2 Å². The van der Waals surface area contributed by atoms with Crippen molar-refractivity contribution >= 4 is 17.0 Å². The summed E-state index contributed by atoms with van der Waals surface area (Å²) in [4.78, 5) is 28.2. The van der Waals surface area contributed by atoms with Gasteiger partial charge in [-0.25, -0.2) is 4.79 Å². The molecule has 3 aromatic rings. The van der Waals surface area contributed by atoms with Gasteiger partial charge in [-0.2, -0.15) is 0 Å². The Balaban J connectivity index is 1.43. The zero-order valence-electron chi connectivity index (χ0n) is 24.7. The highest BCUT2D eigenvalue weighted by molar-refractivity contribution is 5.83. The van der Waals surface area contributed by atoms with E-state index >= 15 is 0 Å². The summed E-state index contributed by atoms with van der Waals surface area (Å²) in [6.45, 7) is 9.04. The molecular weight excluding hydrogens is 500 g/mol. The summed E-state index contributed by atoms with van der Waals surface area (Å²) in [5.41, 5.74) is 4.00. The van der Waals surface area contributed by atoms with Crippen LogP contribution in [0.2, 0.25) is 0 Å². The molecule has 0 radical (unpaired) electrons. The molecule has 1 unspecified atom stereocenters. The van der Waals surface area contributed by atoms with E-state index in [1.807, 2.05) is 61.4 Å². The number of hydrogen-bond acceptors (Lipinski definition) is 4. The van der Waals surface area contributed by atoms with E-state index in [1.165, 1.54) is 11.1 Å². The van der Waals surface area contributed by atoms with Gasteiger partial charge in [-0.15, -0.1) is 0 Å². The Morgan fingerprint density at radius 1 is 1.05 bits per heavy atom. The molecule has 0 saturated carbocycles. The van der Waals surface area contributed by atoms with Crippen molar-refractivity contribution in [3.63, 3.8) is 0 Å². The van der Waals surface area contributed by atoms with Crippen molar-refractivity contribution in [2.45, 2.75) is 90.8 Å². The average Bonchev–Trinajstić information content (AvgIpc) is 3.15. The Morgan fingerprint density at radius 3 is 2.55 bits per heavy atom. The quantitative estimate of drug-likeness (QED) is 0.263. The molecule has 1 aromatic heterocycles. The molecule has 0 N–H and O–H groups in total. The maximum Gasteiger partial charge on any atom is 0.410 e. The normalized spacial score (nSPS) is 15.8. The summed E-state index contributed by atoms with van der Waals surface area (Å²) in [6, 6.07) is 18.2. The van der Waals surface area contributed by atoms with Crippen LogP contribution >= 0.6 is 0 Å². The van der Waals surface area contributed by atoms with E-state index in [-0.39, 0.29) is 17.7 Å². The summed E-state index contributed by atoms with van der Waals surface area (Å²) >= 11 is 0. The molecule has 6 nitrogen and oxygen atoms in total. The minimum absolute atomic E-state index is 0.0138. The number of aryl methyl sites for hydroxylation is 3. The summed E-state index contributed by atoms with van der Waals surface area (Å²) in [5.74, 6) is 0.747. The van der Waals surface area contributed by atoms with Gasteiger partial charge in [0.2, 0.25) is 0 Å². The van der Waals surface area contributed by atoms with E-state index in [0.717, 1.165) is 67.2 Å². The molecule has 2 aromatic carbocycles. The van der Waals surface area contributed by atoms with Crippen LogP contribution in [0.15, 0.2) is 71.0 Å². The van der Waals surface area contributed by atoms with Gasteiger partial charge < -0.3 is 18.9 Å².